The van der Waals surface area contributed by atoms with E-state index in [1.807, 2.05) is 0 Å². The average Bonchev–Trinajstić information content (AvgIpc) is 2.87. The number of Topliss-reactive ketones (excluding diaryl/α,β-unsaturated/α-hetero) is 1. The van der Waals surface area contributed by atoms with Crippen LogP contribution in [0.2, 0.25) is 0 Å². The van der Waals surface area contributed by atoms with Gasteiger partial charge in [0.15, 0.2) is 5.78 Å². The number of nitrogens with one attached hydrogen (secondary N) is 1. The molecule has 1 amide bonds. The molecular formula is C19H20N2O7S2. The summed E-state index contributed by atoms with van der Waals surface area (Å²) in [4.78, 5) is 23.6. The molecule has 1 atom stereocenters. The minimum atomic E-state index is -4.24. The highest BCUT2D eigenvalue weighted by molar-refractivity contribution is 7.94. The first-order valence-electron chi connectivity index (χ1n) is 8.85. The van der Waals surface area contributed by atoms with Crippen LogP contribution in [0.15, 0.2) is 47.4 Å². The molecule has 1 fully saturated rings. The van der Waals surface area contributed by atoms with Gasteiger partial charge in [0.05, 0.1) is 24.5 Å². The Morgan fingerprint density at radius 3 is 2.47 bits per heavy atom. The Morgan fingerprint density at radius 2 is 1.90 bits per heavy atom. The molecule has 3 rings (SSSR count). The zero-order valence-electron chi connectivity index (χ0n) is 16.4. The van der Waals surface area contributed by atoms with E-state index in [1.165, 1.54) is 51.3 Å². The molecule has 1 aliphatic heterocycles. The molecule has 0 aromatic heterocycles. The van der Waals surface area contributed by atoms with Crippen molar-refractivity contribution in [3.8, 4) is 5.75 Å². The minimum Gasteiger partial charge on any atom is -0.495 e. The predicted molar refractivity (Wildman–Crippen MR) is 111 cm³/mol. The zero-order valence-corrected chi connectivity index (χ0v) is 18.1. The Kier molecular flexibility index (Phi) is 5.61. The van der Waals surface area contributed by atoms with Crippen LogP contribution in [0.1, 0.15) is 24.2 Å². The quantitative estimate of drug-likeness (QED) is 0.664. The van der Waals surface area contributed by atoms with Gasteiger partial charge in [0, 0.05) is 11.3 Å². The maximum Gasteiger partial charge on any atom is 0.265 e. The molecule has 11 heteroatoms. The number of benzene rings is 2. The monoisotopic (exact) mass is 452 g/mol. The van der Waals surface area contributed by atoms with Crippen LogP contribution >= 0.6 is 0 Å². The van der Waals surface area contributed by atoms with Crippen LogP contribution in [-0.2, 0) is 24.8 Å². The van der Waals surface area contributed by atoms with Crippen molar-refractivity contribution in [2.75, 3.05) is 21.9 Å². The van der Waals surface area contributed by atoms with Crippen LogP contribution in [0.25, 0.3) is 0 Å². The molecule has 2 aromatic rings. The average molecular weight is 453 g/mol. The molecule has 9 nitrogen and oxygen atoms in total. The highest BCUT2D eigenvalue weighted by Gasteiger charge is 2.42. The molecule has 0 saturated carbocycles. The van der Waals surface area contributed by atoms with Crippen molar-refractivity contribution in [2.24, 2.45) is 5.92 Å². The fourth-order valence-electron chi connectivity index (χ4n) is 3.10. The summed E-state index contributed by atoms with van der Waals surface area (Å²) in [6, 6.07) is 9.58. The summed E-state index contributed by atoms with van der Waals surface area (Å²) in [5.74, 6) is -1.99. The predicted octanol–water partition coefficient (Wildman–Crippen LogP) is 2.01. The fourth-order valence-corrected chi connectivity index (χ4v) is 6.15. The highest BCUT2D eigenvalue weighted by atomic mass is 32.2. The number of anilines is 2. The van der Waals surface area contributed by atoms with Crippen molar-refractivity contribution in [1.29, 1.82) is 0 Å². The molecule has 1 unspecified atom stereocenters. The summed E-state index contributed by atoms with van der Waals surface area (Å²) in [5, 5.41) is 0. The van der Waals surface area contributed by atoms with E-state index in [0.29, 0.717) is 9.87 Å². The second-order valence-corrected chi connectivity index (χ2v) is 10.4. The van der Waals surface area contributed by atoms with E-state index in [0.717, 1.165) is 6.07 Å². The van der Waals surface area contributed by atoms with Crippen molar-refractivity contribution in [1.82, 2.24) is 0 Å². The van der Waals surface area contributed by atoms with Crippen molar-refractivity contribution in [2.45, 2.75) is 18.7 Å². The smallest absolute Gasteiger partial charge is 0.265 e. The molecular weight excluding hydrogens is 432 g/mol. The number of rotatable bonds is 6. The van der Waals surface area contributed by atoms with Gasteiger partial charge in [-0.05, 0) is 37.3 Å². The molecule has 1 saturated heterocycles. The van der Waals surface area contributed by atoms with E-state index >= 15 is 0 Å². The maximum absolute atomic E-state index is 13.0. The molecule has 0 bridgehead atoms. The minimum absolute atomic E-state index is 0.0361. The van der Waals surface area contributed by atoms with Crippen molar-refractivity contribution < 1.29 is 31.2 Å². The van der Waals surface area contributed by atoms with E-state index in [-0.39, 0.29) is 33.6 Å². The highest BCUT2D eigenvalue weighted by Crippen LogP contribution is 2.34. The van der Waals surface area contributed by atoms with Crippen LogP contribution in [0.3, 0.4) is 0 Å². The Bertz CT molecular complexity index is 1240. The number of methoxy groups -OCH3 is 1. The Labute approximate surface area is 174 Å². The summed E-state index contributed by atoms with van der Waals surface area (Å²) in [6.07, 6.45) is 0. The Morgan fingerprint density at radius 1 is 1.20 bits per heavy atom. The van der Waals surface area contributed by atoms with Crippen molar-refractivity contribution >= 4 is 43.1 Å². The second kappa shape index (κ2) is 7.73. The first kappa shape index (κ1) is 21.8. The molecule has 160 valence electrons. The van der Waals surface area contributed by atoms with Crippen molar-refractivity contribution in [3.05, 3.63) is 48.0 Å². The lowest BCUT2D eigenvalue weighted by molar-refractivity contribution is -0.119. The SMILES string of the molecule is COc1ccc(N2C(=O)C(C)CS2(=O)=O)cc1S(=O)(=O)Nc1cccc(C(C)=O)c1. The van der Waals surface area contributed by atoms with Gasteiger partial charge in [0.2, 0.25) is 15.9 Å². The van der Waals surface area contributed by atoms with Crippen LogP contribution < -0.4 is 13.8 Å². The summed E-state index contributed by atoms with van der Waals surface area (Å²) in [6.45, 7) is 2.85. The number of nitrogens with zero attached hydrogens (tertiary/aromatic N) is 1. The van der Waals surface area contributed by atoms with Crippen LogP contribution in [0.4, 0.5) is 11.4 Å². The Hall–Kier alpha value is -2.92. The number of sulfonamides is 2. The number of hydrogen-bond donors (Lipinski definition) is 1. The van der Waals surface area contributed by atoms with Gasteiger partial charge in [-0.15, -0.1) is 0 Å². The van der Waals surface area contributed by atoms with Crippen LogP contribution in [-0.4, -0.2) is 41.4 Å². The van der Waals surface area contributed by atoms with Gasteiger partial charge in [-0.1, -0.05) is 19.1 Å². The summed E-state index contributed by atoms with van der Waals surface area (Å²) < 4.78 is 58.8. The Balaban J connectivity index is 2.06. The lowest BCUT2D eigenvalue weighted by Gasteiger charge is -2.18. The summed E-state index contributed by atoms with van der Waals surface area (Å²) in [7, 11) is -6.87. The van der Waals surface area contributed by atoms with Gasteiger partial charge in [-0.3, -0.25) is 14.3 Å². The number of ether oxygens (including phenoxy) is 1. The normalized spacial score (nSPS) is 18.3. The molecule has 0 radical (unpaired) electrons. The lowest BCUT2D eigenvalue weighted by atomic mass is 10.1. The van der Waals surface area contributed by atoms with E-state index in [4.69, 9.17) is 4.74 Å². The van der Waals surface area contributed by atoms with Gasteiger partial charge >= 0.3 is 0 Å². The number of hydrogen-bond acceptors (Lipinski definition) is 7. The van der Waals surface area contributed by atoms with Gasteiger partial charge < -0.3 is 4.74 Å². The van der Waals surface area contributed by atoms with E-state index in [9.17, 15) is 26.4 Å². The van der Waals surface area contributed by atoms with E-state index in [1.54, 1.807) is 6.07 Å². The number of carbonyl (C=O) groups is 2. The van der Waals surface area contributed by atoms with Crippen molar-refractivity contribution in [3.63, 3.8) is 0 Å². The summed E-state index contributed by atoms with van der Waals surface area (Å²) >= 11 is 0. The number of carbonyl (C=O) groups excluding carboxylic acids is 2. The first-order chi connectivity index (χ1) is 14.0. The van der Waals surface area contributed by atoms with Crippen LogP contribution in [0, 0.1) is 5.92 Å². The second-order valence-electron chi connectivity index (χ2n) is 6.86. The molecule has 0 aliphatic carbocycles. The molecule has 0 spiro atoms. The fraction of sp³-hybridized carbons (Fsp3) is 0.263. The third-order valence-corrected chi connectivity index (χ3v) is 7.82. The number of ketones is 1. The van der Waals surface area contributed by atoms with Gasteiger partial charge in [-0.25, -0.2) is 21.1 Å². The molecule has 1 aliphatic rings. The molecule has 30 heavy (non-hydrogen) atoms. The van der Waals surface area contributed by atoms with E-state index < -0.39 is 31.9 Å². The molecule has 2 aromatic carbocycles. The van der Waals surface area contributed by atoms with E-state index in [2.05, 4.69) is 4.72 Å². The summed E-state index contributed by atoms with van der Waals surface area (Å²) in [5.41, 5.74) is 0.371. The third kappa shape index (κ3) is 4.03. The molecule has 1 N–H and O–H groups in total. The van der Waals surface area contributed by atoms with Gasteiger partial charge in [-0.2, -0.15) is 0 Å². The lowest BCUT2D eigenvalue weighted by Crippen LogP contribution is -2.30. The maximum atomic E-state index is 13.0. The largest absolute Gasteiger partial charge is 0.495 e. The van der Waals surface area contributed by atoms with Gasteiger partial charge in [0.25, 0.3) is 10.0 Å². The molecule has 1 heterocycles. The standard InChI is InChI=1S/C19H20N2O7S2/c1-12-11-29(24,25)21(19(12)23)16-7-8-17(28-3)18(10-16)30(26,27)20-15-6-4-5-14(9-15)13(2)22/h4-10,12,20H,11H2,1-3H3. The van der Waals surface area contributed by atoms with Crippen LogP contribution in [0.5, 0.6) is 5.75 Å². The van der Waals surface area contributed by atoms with Gasteiger partial charge in [0.1, 0.15) is 10.6 Å². The topological polar surface area (TPSA) is 127 Å². The number of amides is 1. The zero-order chi connectivity index (χ0) is 22.3. The first-order valence-corrected chi connectivity index (χ1v) is 11.9. The third-order valence-electron chi connectivity index (χ3n) is 4.55.